The second-order valence-corrected chi connectivity index (χ2v) is 4.88. The molecule has 90 valence electrons. The van der Waals surface area contributed by atoms with Gasteiger partial charge in [-0.15, -0.1) is 0 Å². The minimum Gasteiger partial charge on any atom is -0.316 e. The summed E-state index contributed by atoms with van der Waals surface area (Å²) < 4.78 is 26.4. The molecule has 0 saturated carbocycles. The van der Waals surface area contributed by atoms with Crippen LogP contribution in [-0.4, -0.2) is 24.6 Å². The Bertz CT molecular complexity index is 331. The summed E-state index contributed by atoms with van der Waals surface area (Å²) in [5, 5.41) is 3.12. The van der Waals surface area contributed by atoms with Crippen LogP contribution in [-0.2, 0) is 6.42 Å². The zero-order valence-electron chi connectivity index (χ0n) is 9.59. The van der Waals surface area contributed by atoms with Crippen LogP contribution in [0.2, 0.25) is 0 Å². The molecule has 0 aliphatic carbocycles. The first-order valence-electron chi connectivity index (χ1n) is 5.37. The minimum atomic E-state index is -0.768. The van der Waals surface area contributed by atoms with Crippen molar-refractivity contribution in [3.63, 3.8) is 0 Å². The lowest BCUT2D eigenvalue weighted by Gasteiger charge is -2.15. The van der Waals surface area contributed by atoms with Crippen molar-refractivity contribution < 1.29 is 8.78 Å². The van der Waals surface area contributed by atoms with Gasteiger partial charge >= 0.3 is 0 Å². The van der Waals surface area contributed by atoms with Crippen LogP contribution in [0, 0.1) is 11.6 Å². The lowest BCUT2D eigenvalue weighted by Crippen LogP contribution is -2.30. The molecule has 1 unspecified atom stereocenters. The van der Waals surface area contributed by atoms with Gasteiger partial charge in [0.1, 0.15) is 0 Å². The number of halogens is 2. The Morgan fingerprint density at radius 2 is 2.12 bits per heavy atom. The normalized spacial score (nSPS) is 12.8. The maximum absolute atomic E-state index is 13.4. The van der Waals surface area contributed by atoms with Crippen molar-refractivity contribution >= 4 is 11.8 Å². The van der Waals surface area contributed by atoms with E-state index in [0.29, 0.717) is 12.0 Å². The molecule has 0 radical (unpaired) electrons. The van der Waals surface area contributed by atoms with E-state index in [2.05, 4.69) is 12.2 Å². The molecule has 1 rings (SSSR count). The van der Waals surface area contributed by atoms with E-state index in [1.807, 2.05) is 7.05 Å². The van der Waals surface area contributed by atoms with Crippen molar-refractivity contribution in [2.45, 2.75) is 19.4 Å². The molecular weight excluding hydrogens is 228 g/mol. The molecule has 0 heterocycles. The summed E-state index contributed by atoms with van der Waals surface area (Å²) in [7, 11) is 1.85. The Balaban J connectivity index is 2.66. The van der Waals surface area contributed by atoms with Crippen molar-refractivity contribution in [2.75, 3.05) is 18.6 Å². The molecule has 16 heavy (non-hydrogen) atoms. The molecule has 0 fully saturated rings. The van der Waals surface area contributed by atoms with E-state index in [4.69, 9.17) is 0 Å². The fraction of sp³-hybridized carbons (Fsp3) is 0.500. The lowest BCUT2D eigenvalue weighted by atomic mass is 10.1. The molecule has 0 saturated heterocycles. The second-order valence-electron chi connectivity index (χ2n) is 3.56. The van der Waals surface area contributed by atoms with Gasteiger partial charge in [0.05, 0.1) is 0 Å². The fourth-order valence-electron chi connectivity index (χ4n) is 1.48. The highest BCUT2D eigenvalue weighted by Gasteiger charge is 2.12. The largest absolute Gasteiger partial charge is 0.316 e. The van der Waals surface area contributed by atoms with Gasteiger partial charge in [-0.05, 0) is 30.9 Å². The highest BCUT2D eigenvalue weighted by molar-refractivity contribution is 7.99. The van der Waals surface area contributed by atoms with Gasteiger partial charge in [-0.1, -0.05) is 19.1 Å². The maximum atomic E-state index is 13.4. The summed E-state index contributed by atoms with van der Waals surface area (Å²) in [5.41, 5.74) is 0.441. The summed E-state index contributed by atoms with van der Waals surface area (Å²) in [4.78, 5) is 0. The van der Waals surface area contributed by atoms with Crippen LogP contribution in [0.1, 0.15) is 12.5 Å². The third-order valence-electron chi connectivity index (χ3n) is 2.43. The van der Waals surface area contributed by atoms with Crippen LogP contribution in [0.15, 0.2) is 18.2 Å². The summed E-state index contributed by atoms with van der Waals surface area (Å²) in [5.74, 6) is 0.451. The minimum absolute atomic E-state index is 0.182. The number of hydrogen-bond donors (Lipinski definition) is 1. The fourth-order valence-corrected chi connectivity index (χ4v) is 2.28. The van der Waals surface area contributed by atoms with E-state index in [1.165, 1.54) is 0 Å². The van der Waals surface area contributed by atoms with Crippen molar-refractivity contribution in [3.05, 3.63) is 35.4 Å². The number of rotatable bonds is 6. The number of thioether (sulfide) groups is 1. The molecule has 0 bridgehead atoms. The highest BCUT2D eigenvalue weighted by atomic mass is 32.2. The van der Waals surface area contributed by atoms with Gasteiger partial charge in [0.2, 0.25) is 0 Å². The van der Waals surface area contributed by atoms with E-state index in [1.54, 1.807) is 23.9 Å². The molecule has 0 amide bonds. The first-order valence-corrected chi connectivity index (χ1v) is 6.52. The molecule has 0 aromatic heterocycles. The highest BCUT2D eigenvalue weighted by Crippen LogP contribution is 2.15. The van der Waals surface area contributed by atoms with E-state index < -0.39 is 11.6 Å². The van der Waals surface area contributed by atoms with Crippen molar-refractivity contribution in [1.82, 2.24) is 5.32 Å². The predicted molar refractivity (Wildman–Crippen MR) is 65.9 cm³/mol. The first kappa shape index (κ1) is 13.5. The molecule has 1 N–H and O–H groups in total. The van der Waals surface area contributed by atoms with Crippen LogP contribution in [0.5, 0.6) is 0 Å². The second kappa shape index (κ2) is 6.86. The van der Waals surface area contributed by atoms with Crippen molar-refractivity contribution in [1.29, 1.82) is 0 Å². The van der Waals surface area contributed by atoms with E-state index >= 15 is 0 Å². The SMILES string of the molecule is CCSCC(Cc1cccc(F)c1F)NC. The standard InChI is InChI=1S/C12H17F2NS/c1-3-16-8-10(15-2)7-9-5-4-6-11(13)12(9)14/h4-6,10,15H,3,7-8H2,1-2H3. The molecule has 4 heteroatoms. The van der Waals surface area contributed by atoms with Crippen LogP contribution < -0.4 is 5.32 Å². The third kappa shape index (κ3) is 3.76. The van der Waals surface area contributed by atoms with E-state index in [-0.39, 0.29) is 6.04 Å². The van der Waals surface area contributed by atoms with E-state index in [9.17, 15) is 8.78 Å². The third-order valence-corrected chi connectivity index (χ3v) is 3.48. The van der Waals surface area contributed by atoms with Crippen LogP contribution in [0.3, 0.4) is 0 Å². The molecule has 0 aliphatic rings. The first-order chi connectivity index (χ1) is 7.69. The Labute approximate surface area is 99.6 Å². The number of hydrogen-bond acceptors (Lipinski definition) is 2. The van der Waals surface area contributed by atoms with Crippen LogP contribution in [0.4, 0.5) is 8.78 Å². The monoisotopic (exact) mass is 245 g/mol. The van der Waals surface area contributed by atoms with Gasteiger partial charge in [-0.3, -0.25) is 0 Å². The Kier molecular flexibility index (Phi) is 5.77. The summed E-state index contributed by atoms with van der Waals surface area (Å²) >= 11 is 1.79. The number of likely N-dealkylation sites (N-methyl/N-ethyl adjacent to an activating group) is 1. The Morgan fingerprint density at radius 1 is 1.38 bits per heavy atom. The topological polar surface area (TPSA) is 12.0 Å². The van der Waals surface area contributed by atoms with Gasteiger partial charge in [0.15, 0.2) is 11.6 Å². The predicted octanol–water partition coefficient (Wildman–Crippen LogP) is 2.85. The Morgan fingerprint density at radius 3 is 2.75 bits per heavy atom. The molecule has 1 atom stereocenters. The summed E-state index contributed by atoms with van der Waals surface area (Å²) in [6, 6.07) is 4.52. The van der Waals surface area contributed by atoms with Gasteiger partial charge in [0.25, 0.3) is 0 Å². The van der Waals surface area contributed by atoms with Gasteiger partial charge in [0, 0.05) is 11.8 Å². The summed E-state index contributed by atoms with van der Waals surface area (Å²) in [6.45, 7) is 2.08. The Hall–Kier alpha value is -0.610. The zero-order valence-corrected chi connectivity index (χ0v) is 10.4. The molecule has 0 aliphatic heterocycles. The van der Waals surface area contributed by atoms with Crippen molar-refractivity contribution in [3.8, 4) is 0 Å². The van der Waals surface area contributed by atoms with Crippen molar-refractivity contribution in [2.24, 2.45) is 0 Å². The molecule has 0 spiro atoms. The van der Waals surface area contributed by atoms with Gasteiger partial charge in [-0.2, -0.15) is 11.8 Å². The molecule has 1 aromatic carbocycles. The molecule has 1 aromatic rings. The maximum Gasteiger partial charge on any atom is 0.162 e. The van der Waals surface area contributed by atoms with Gasteiger partial charge in [-0.25, -0.2) is 8.78 Å². The zero-order chi connectivity index (χ0) is 12.0. The lowest BCUT2D eigenvalue weighted by molar-refractivity contribution is 0.490. The number of benzene rings is 1. The summed E-state index contributed by atoms with van der Waals surface area (Å²) in [6.07, 6.45) is 0.521. The van der Waals surface area contributed by atoms with Crippen LogP contribution >= 0.6 is 11.8 Å². The van der Waals surface area contributed by atoms with E-state index in [0.717, 1.165) is 17.6 Å². The quantitative estimate of drug-likeness (QED) is 0.827. The van der Waals surface area contributed by atoms with Crippen LogP contribution in [0.25, 0.3) is 0 Å². The average molecular weight is 245 g/mol. The average Bonchev–Trinajstić information content (AvgIpc) is 2.30. The van der Waals surface area contributed by atoms with Gasteiger partial charge < -0.3 is 5.32 Å². The molecular formula is C12H17F2NS. The molecule has 1 nitrogen and oxygen atoms in total. The number of nitrogens with one attached hydrogen (secondary N) is 1. The smallest absolute Gasteiger partial charge is 0.162 e.